The Kier molecular flexibility index (Phi) is 5.17. The van der Waals surface area contributed by atoms with Crippen molar-refractivity contribution in [2.45, 2.75) is 42.5 Å². The molecule has 3 fully saturated rings. The zero-order valence-corrected chi connectivity index (χ0v) is 21.7. The highest BCUT2D eigenvalue weighted by Gasteiger charge is 2.70. The number of aromatic nitrogens is 1. The zero-order valence-electron chi connectivity index (χ0n) is 18.4. The molecule has 2 N–H and O–H groups in total. The number of fused-ring (bicyclic) bond motifs is 9. The van der Waals surface area contributed by atoms with Gasteiger partial charge in [-0.2, -0.15) is 0 Å². The molecule has 178 valence electrons. The average Bonchev–Trinajstić information content (AvgIpc) is 3.48. The van der Waals surface area contributed by atoms with Gasteiger partial charge in [-0.15, -0.1) is 11.8 Å². The number of hydrogen-bond acceptors (Lipinski definition) is 6. The summed E-state index contributed by atoms with van der Waals surface area (Å²) in [5.74, 6) is -3.09. The van der Waals surface area contributed by atoms with Crippen LogP contribution in [0.2, 0.25) is 0 Å². The summed E-state index contributed by atoms with van der Waals surface area (Å²) >= 11 is 6.43. The van der Waals surface area contributed by atoms with Crippen molar-refractivity contribution in [3.63, 3.8) is 0 Å². The molecule has 1 saturated heterocycles. The lowest BCUT2D eigenvalue weighted by molar-refractivity contribution is -0.157. The maximum absolute atomic E-state index is 13.6. The molecular formula is C24H23BrN2O5S2. The number of carbonyl (C=O) groups is 3. The Morgan fingerprint density at radius 2 is 1.88 bits per heavy atom. The monoisotopic (exact) mass is 562 g/mol. The van der Waals surface area contributed by atoms with Gasteiger partial charge < -0.3 is 10.1 Å². The van der Waals surface area contributed by atoms with E-state index in [0.29, 0.717) is 0 Å². The van der Waals surface area contributed by atoms with E-state index in [0.717, 1.165) is 31.3 Å². The number of H-pyrrole nitrogens is 1. The maximum atomic E-state index is 13.6. The Balaban J connectivity index is 1.45. The van der Waals surface area contributed by atoms with Crippen LogP contribution in [0.15, 0.2) is 38.6 Å². The second kappa shape index (κ2) is 7.80. The summed E-state index contributed by atoms with van der Waals surface area (Å²) in [7, 11) is 0. The highest BCUT2D eigenvalue weighted by Crippen LogP contribution is 2.68. The van der Waals surface area contributed by atoms with Crippen molar-refractivity contribution in [3.8, 4) is 0 Å². The topological polar surface area (TPSA) is 108 Å². The van der Waals surface area contributed by atoms with Crippen LogP contribution < -0.4 is 4.87 Å². The van der Waals surface area contributed by atoms with Crippen molar-refractivity contribution in [2.24, 2.45) is 35.5 Å². The first-order chi connectivity index (χ1) is 16.2. The van der Waals surface area contributed by atoms with E-state index in [9.17, 15) is 24.3 Å². The van der Waals surface area contributed by atoms with Gasteiger partial charge in [-0.3, -0.25) is 19.3 Å². The third-order valence-corrected chi connectivity index (χ3v) is 11.2. The molecule has 3 heterocycles. The highest BCUT2D eigenvalue weighted by molar-refractivity contribution is 9.10. The number of halogens is 1. The van der Waals surface area contributed by atoms with Gasteiger partial charge in [-0.25, -0.2) is 4.79 Å². The average molecular weight is 563 g/mol. The number of aromatic amines is 1. The fourth-order valence-electron chi connectivity index (χ4n) is 7.08. The number of aliphatic carboxylic acids is 1. The number of thiazole rings is 1. The number of amides is 2. The number of hydrogen-bond donors (Lipinski definition) is 2. The van der Waals surface area contributed by atoms with Gasteiger partial charge in [-0.05, 0) is 47.8 Å². The maximum Gasteiger partial charge on any atom is 0.327 e. The minimum absolute atomic E-state index is 0.0146. The first-order valence-corrected chi connectivity index (χ1v) is 13.9. The van der Waals surface area contributed by atoms with Crippen molar-refractivity contribution in [1.82, 2.24) is 9.88 Å². The highest BCUT2D eigenvalue weighted by atomic mass is 79.9. The van der Waals surface area contributed by atoms with Gasteiger partial charge in [0.05, 0.1) is 16.9 Å². The van der Waals surface area contributed by atoms with Crippen molar-refractivity contribution < 1.29 is 19.5 Å². The van der Waals surface area contributed by atoms with E-state index >= 15 is 0 Å². The summed E-state index contributed by atoms with van der Waals surface area (Å²) in [6.45, 7) is 3.46. The van der Waals surface area contributed by atoms with E-state index in [-0.39, 0.29) is 51.5 Å². The van der Waals surface area contributed by atoms with E-state index in [1.54, 1.807) is 25.6 Å². The molecule has 7 nitrogen and oxygen atoms in total. The van der Waals surface area contributed by atoms with Crippen molar-refractivity contribution in [1.29, 1.82) is 0 Å². The first kappa shape index (κ1) is 22.5. The molecule has 2 amide bonds. The van der Waals surface area contributed by atoms with Gasteiger partial charge in [0.1, 0.15) is 6.04 Å². The summed E-state index contributed by atoms with van der Waals surface area (Å²) in [4.78, 5) is 56.4. The van der Waals surface area contributed by atoms with Crippen LogP contribution in [0.4, 0.5) is 0 Å². The molecule has 2 bridgehead atoms. The number of thioether (sulfide) groups is 1. The molecule has 1 aromatic heterocycles. The van der Waals surface area contributed by atoms with Crippen LogP contribution >= 0.6 is 39.0 Å². The predicted molar refractivity (Wildman–Crippen MR) is 131 cm³/mol. The van der Waals surface area contributed by atoms with Crippen molar-refractivity contribution in [2.75, 3.05) is 0 Å². The smallest absolute Gasteiger partial charge is 0.327 e. The second-order valence-electron chi connectivity index (χ2n) is 10.1. The van der Waals surface area contributed by atoms with E-state index in [1.807, 2.05) is 12.1 Å². The fourth-order valence-corrected chi connectivity index (χ4v) is 10.4. The Morgan fingerprint density at radius 3 is 2.53 bits per heavy atom. The van der Waals surface area contributed by atoms with Gasteiger partial charge in [-0.1, -0.05) is 53.2 Å². The number of nitrogens with one attached hydrogen (secondary N) is 1. The minimum atomic E-state index is -1.14. The lowest BCUT2D eigenvalue weighted by atomic mass is 9.68. The Bertz CT molecular complexity index is 1290. The van der Waals surface area contributed by atoms with E-state index in [1.165, 1.54) is 11.3 Å². The minimum Gasteiger partial charge on any atom is -0.480 e. The van der Waals surface area contributed by atoms with Crippen LogP contribution in [0.25, 0.3) is 0 Å². The van der Waals surface area contributed by atoms with Crippen LogP contribution in [0.5, 0.6) is 0 Å². The van der Waals surface area contributed by atoms with Gasteiger partial charge in [0, 0.05) is 20.5 Å². The molecule has 2 aliphatic heterocycles. The molecule has 2 saturated carbocycles. The van der Waals surface area contributed by atoms with Crippen molar-refractivity contribution in [3.05, 3.63) is 48.8 Å². The van der Waals surface area contributed by atoms with Crippen LogP contribution in [0.3, 0.4) is 0 Å². The summed E-state index contributed by atoms with van der Waals surface area (Å²) < 4.78 is 0.949. The number of carboxylic acids is 1. The first-order valence-electron chi connectivity index (χ1n) is 11.4. The van der Waals surface area contributed by atoms with Gasteiger partial charge >= 0.3 is 10.8 Å². The Hall–Kier alpha value is -1.91. The summed E-state index contributed by atoms with van der Waals surface area (Å²) in [5.41, 5.74) is 1.09. The Morgan fingerprint density at radius 1 is 1.18 bits per heavy atom. The molecular weight excluding hydrogens is 540 g/mol. The summed E-state index contributed by atoms with van der Waals surface area (Å²) in [6, 6.07) is 6.94. The lowest BCUT2D eigenvalue weighted by Crippen LogP contribution is -2.49. The van der Waals surface area contributed by atoms with Crippen LogP contribution in [-0.2, 0) is 14.4 Å². The van der Waals surface area contributed by atoms with Gasteiger partial charge in [0.15, 0.2) is 0 Å². The van der Waals surface area contributed by atoms with Crippen LogP contribution in [0, 0.1) is 35.5 Å². The SMILES string of the molecule is CC(C)C(C(=O)O)N1C(=O)C2C3CC(C2C1=O)C1C(c2cccc(Br)c2)c2sc(=O)[nH]c2SC31. The Labute approximate surface area is 212 Å². The molecule has 10 heteroatoms. The second-order valence-corrected chi connectivity index (χ2v) is 13.2. The summed E-state index contributed by atoms with van der Waals surface area (Å²) in [5, 5.41) is 10.8. The normalized spacial score (nSPS) is 34.4. The third kappa shape index (κ3) is 3.00. The third-order valence-electron chi connectivity index (χ3n) is 8.13. The molecule has 4 aliphatic rings. The standard InChI is InChI=1S/C24H23BrN2O5S2/c1-8(2)17(23(30)31)27-21(28)15-11-7-12(16(15)22(27)29)18-14(11)13(9-4-3-5-10(25)6-9)19-20(33-18)26-24(32)34-19/h3-6,8,11-18H,7H2,1-2H3,(H,26,32)(H,30,31). The number of rotatable bonds is 4. The predicted octanol–water partition coefficient (Wildman–Crippen LogP) is 3.78. The van der Waals surface area contributed by atoms with Crippen molar-refractivity contribution >= 4 is 56.8 Å². The number of benzene rings is 1. The molecule has 2 aromatic rings. The van der Waals surface area contributed by atoms with Gasteiger partial charge in [0.25, 0.3) is 0 Å². The molecule has 1 aromatic carbocycles. The molecule has 8 unspecified atom stereocenters. The molecule has 34 heavy (non-hydrogen) atoms. The summed E-state index contributed by atoms with van der Waals surface area (Å²) in [6.07, 6.45) is 0.784. The largest absolute Gasteiger partial charge is 0.480 e. The number of imide groups is 1. The van der Waals surface area contributed by atoms with E-state index < -0.39 is 23.8 Å². The quantitative estimate of drug-likeness (QED) is 0.549. The number of likely N-dealkylation sites (tertiary alicyclic amines) is 1. The van der Waals surface area contributed by atoms with Gasteiger partial charge in [0.2, 0.25) is 11.8 Å². The molecule has 8 atom stereocenters. The molecule has 2 aliphatic carbocycles. The molecule has 0 radical (unpaired) electrons. The number of carbonyl (C=O) groups excluding carboxylic acids is 2. The molecule has 0 spiro atoms. The van der Waals surface area contributed by atoms with Crippen LogP contribution in [-0.4, -0.2) is 44.1 Å². The fraction of sp³-hybridized carbons (Fsp3) is 0.500. The number of carboxylic acid groups (broad SMARTS) is 1. The lowest BCUT2D eigenvalue weighted by Gasteiger charge is -2.43. The van der Waals surface area contributed by atoms with E-state index in [2.05, 4.69) is 33.0 Å². The molecule has 6 rings (SSSR count). The van der Waals surface area contributed by atoms with E-state index in [4.69, 9.17) is 0 Å². The number of nitrogens with zero attached hydrogens (tertiary/aromatic N) is 1. The zero-order chi connectivity index (χ0) is 24.0. The van der Waals surface area contributed by atoms with Crippen LogP contribution in [0.1, 0.15) is 36.6 Å².